The number of benzene rings is 2. The van der Waals surface area contributed by atoms with Crippen LogP contribution in [0.3, 0.4) is 0 Å². The van der Waals surface area contributed by atoms with Crippen LogP contribution in [0.2, 0.25) is 0 Å². The highest BCUT2D eigenvalue weighted by Gasteiger charge is 2.02. The van der Waals surface area contributed by atoms with Crippen LogP contribution in [0.1, 0.15) is 21.5 Å². The van der Waals surface area contributed by atoms with E-state index in [1.807, 2.05) is 43.3 Å². The summed E-state index contributed by atoms with van der Waals surface area (Å²) in [5, 5.41) is 0. The van der Waals surface area contributed by atoms with Crippen molar-refractivity contribution in [3.05, 3.63) is 65.2 Å². The molecule has 98 valence electrons. The summed E-state index contributed by atoms with van der Waals surface area (Å²) in [6.07, 6.45) is 0.791. The Morgan fingerprint density at radius 2 is 1.89 bits per heavy atom. The van der Waals surface area contributed by atoms with Crippen molar-refractivity contribution in [2.75, 3.05) is 6.79 Å². The van der Waals surface area contributed by atoms with E-state index in [-0.39, 0.29) is 6.79 Å². The van der Waals surface area contributed by atoms with Crippen LogP contribution in [0.5, 0.6) is 5.75 Å². The summed E-state index contributed by atoms with van der Waals surface area (Å²) in [6, 6.07) is 15.3. The van der Waals surface area contributed by atoms with Crippen LogP contribution in [0.25, 0.3) is 0 Å². The largest absolute Gasteiger partial charge is 0.467 e. The first-order valence-corrected chi connectivity index (χ1v) is 6.10. The van der Waals surface area contributed by atoms with Crippen molar-refractivity contribution in [3.63, 3.8) is 0 Å². The van der Waals surface area contributed by atoms with Gasteiger partial charge in [-0.3, -0.25) is 4.79 Å². The standard InChI is InChI=1S/C16H16O3/c1-13-7-8-16(15(9-13)10-17)19-12-18-11-14-5-3-2-4-6-14/h2-10H,11-12H2,1H3. The molecule has 0 fully saturated rings. The molecule has 0 aromatic heterocycles. The minimum absolute atomic E-state index is 0.124. The summed E-state index contributed by atoms with van der Waals surface area (Å²) < 4.78 is 10.9. The highest BCUT2D eigenvalue weighted by molar-refractivity contribution is 5.79. The van der Waals surface area contributed by atoms with Crippen LogP contribution in [0.15, 0.2) is 48.5 Å². The molecule has 0 saturated heterocycles. The zero-order valence-electron chi connectivity index (χ0n) is 10.8. The van der Waals surface area contributed by atoms with Gasteiger partial charge in [0.25, 0.3) is 0 Å². The third kappa shape index (κ3) is 3.93. The minimum Gasteiger partial charge on any atom is -0.467 e. The van der Waals surface area contributed by atoms with E-state index in [2.05, 4.69) is 0 Å². The molecule has 2 rings (SSSR count). The monoisotopic (exact) mass is 256 g/mol. The van der Waals surface area contributed by atoms with Gasteiger partial charge in [-0.2, -0.15) is 0 Å². The Morgan fingerprint density at radius 1 is 1.11 bits per heavy atom. The molecule has 19 heavy (non-hydrogen) atoms. The Hall–Kier alpha value is -2.13. The first-order valence-electron chi connectivity index (χ1n) is 6.10. The fourth-order valence-corrected chi connectivity index (χ4v) is 1.73. The number of carbonyl (C=O) groups is 1. The Balaban J connectivity index is 1.84. The van der Waals surface area contributed by atoms with Crippen LogP contribution in [0.4, 0.5) is 0 Å². The highest BCUT2D eigenvalue weighted by atomic mass is 16.7. The van der Waals surface area contributed by atoms with Gasteiger partial charge >= 0.3 is 0 Å². The molecule has 3 nitrogen and oxygen atoms in total. The molecule has 0 unspecified atom stereocenters. The molecule has 0 bridgehead atoms. The molecule has 3 heteroatoms. The third-order valence-electron chi connectivity index (χ3n) is 2.70. The number of hydrogen-bond acceptors (Lipinski definition) is 3. The molecule has 0 amide bonds. The summed E-state index contributed by atoms with van der Waals surface area (Å²) in [5.74, 6) is 0.550. The second-order valence-corrected chi connectivity index (χ2v) is 4.26. The van der Waals surface area contributed by atoms with E-state index in [0.717, 1.165) is 17.4 Å². The SMILES string of the molecule is Cc1ccc(OCOCc2ccccc2)c(C=O)c1. The quantitative estimate of drug-likeness (QED) is 0.451. The topological polar surface area (TPSA) is 35.5 Å². The van der Waals surface area contributed by atoms with Crippen molar-refractivity contribution < 1.29 is 14.3 Å². The smallest absolute Gasteiger partial charge is 0.189 e. The summed E-state index contributed by atoms with van der Waals surface area (Å²) in [7, 11) is 0. The molecule has 2 aromatic carbocycles. The first kappa shape index (κ1) is 13.3. The zero-order valence-corrected chi connectivity index (χ0v) is 10.8. The van der Waals surface area contributed by atoms with Gasteiger partial charge in [0.05, 0.1) is 12.2 Å². The molecule has 0 heterocycles. The molecule has 0 atom stereocenters. The van der Waals surface area contributed by atoms with Crippen molar-refractivity contribution in [2.24, 2.45) is 0 Å². The lowest BCUT2D eigenvalue weighted by Gasteiger charge is -2.09. The molecule has 0 spiro atoms. The summed E-state index contributed by atoms with van der Waals surface area (Å²) in [5.41, 5.74) is 2.66. The number of aldehydes is 1. The van der Waals surface area contributed by atoms with Gasteiger partial charge in [0.15, 0.2) is 13.1 Å². The Kier molecular flexibility index (Phi) is 4.70. The van der Waals surface area contributed by atoms with E-state index in [1.54, 1.807) is 12.1 Å². The van der Waals surface area contributed by atoms with Crippen LogP contribution >= 0.6 is 0 Å². The third-order valence-corrected chi connectivity index (χ3v) is 2.70. The van der Waals surface area contributed by atoms with Crippen molar-refractivity contribution in [1.82, 2.24) is 0 Å². The van der Waals surface area contributed by atoms with Gasteiger partial charge in [-0.05, 0) is 24.6 Å². The van der Waals surface area contributed by atoms with E-state index >= 15 is 0 Å². The Bertz CT molecular complexity index is 535. The minimum atomic E-state index is 0.124. The van der Waals surface area contributed by atoms with Crippen molar-refractivity contribution in [2.45, 2.75) is 13.5 Å². The van der Waals surface area contributed by atoms with Crippen LogP contribution in [0, 0.1) is 6.92 Å². The van der Waals surface area contributed by atoms with Gasteiger partial charge < -0.3 is 9.47 Å². The second kappa shape index (κ2) is 6.71. The van der Waals surface area contributed by atoms with Crippen LogP contribution in [-0.2, 0) is 11.3 Å². The van der Waals surface area contributed by atoms with E-state index in [1.165, 1.54) is 0 Å². The molecule has 0 aliphatic carbocycles. The summed E-state index contributed by atoms with van der Waals surface area (Å²) in [4.78, 5) is 10.9. The fraction of sp³-hybridized carbons (Fsp3) is 0.188. The normalized spacial score (nSPS) is 10.2. The second-order valence-electron chi connectivity index (χ2n) is 4.26. The van der Waals surface area contributed by atoms with E-state index in [0.29, 0.717) is 17.9 Å². The number of aryl methyl sites for hydroxylation is 1. The maximum Gasteiger partial charge on any atom is 0.189 e. The maximum atomic E-state index is 10.9. The van der Waals surface area contributed by atoms with Crippen molar-refractivity contribution >= 4 is 6.29 Å². The summed E-state index contributed by atoms with van der Waals surface area (Å²) >= 11 is 0. The van der Waals surface area contributed by atoms with Crippen molar-refractivity contribution in [1.29, 1.82) is 0 Å². The zero-order chi connectivity index (χ0) is 13.5. The van der Waals surface area contributed by atoms with E-state index < -0.39 is 0 Å². The Morgan fingerprint density at radius 3 is 2.63 bits per heavy atom. The number of hydrogen-bond donors (Lipinski definition) is 0. The van der Waals surface area contributed by atoms with Gasteiger partial charge in [0.1, 0.15) is 5.75 Å². The lowest BCUT2D eigenvalue weighted by Crippen LogP contribution is -2.04. The van der Waals surface area contributed by atoms with Crippen LogP contribution < -0.4 is 4.74 Å². The van der Waals surface area contributed by atoms with Crippen molar-refractivity contribution in [3.8, 4) is 5.75 Å². The predicted octanol–water partition coefficient (Wildman–Crippen LogP) is 3.36. The average molecular weight is 256 g/mol. The highest BCUT2D eigenvalue weighted by Crippen LogP contribution is 2.18. The molecule has 0 aliphatic rings. The van der Waals surface area contributed by atoms with Gasteiger partial charge in [0.2, 0.25) is 0 Å². The first-order chi connectivity index (χ1) is 9.29. The lowest BCUT2D eigenvalue weighted by atomic mass is 10.1. The molecule has 0 saturated carbocycles. The van der Waals surface area contributed by atoms with Crippen LogP contribution in [-0.4, -0.2) is 13.1 Å². The van der Waals surface area contributed by atoms with Gasteiger partial charge in [0, 0.05) is 0 Å². The van der Waals surface area contributed by atoms with E-state index in [4.69, 9.17) is 9.47 Å². The average Bonchev–Trinajstić information content (AvgIpc) is 2.46. The van der Waals surface area contributed by atoms with Gasteiger partial charge in [-0.1, -0.05) is 42.0 Å². The van der Waals surface area contributed by atoms with Gasteiger partial charge in [-0.15, -0.1) is 0 Å². The summed E-state index contributed by atoms with van der Waals surface area (Å²) in [6.45, 7) is 2.55. The Labute approximate surface area is 112 Å². The lowest BCUT2D eigenvalue weighted by molar-refractivity contribution is 0.00477. The number of carbonyl (C=O) groups excluding carboxylic acids is 1. The molecule has 0 radical (unpaired) electrons. The molecule has 0 aliphatic heterocycles. The molecular weight excluding hydrogens is 240 g/mol. The molecule has 0 N–H and O–H groups in total. The molecular formula is C16H16O3. The maximum absolute atomic E-state index is 10.9. The fourth-order valence-electron chi connectivity index (χ4n) is 1.73. The number of rotatable bonds is 6. The predicted molar refractivity (Wildman–Crippen MR) is 73.3 cm³/mol. The van der Waals surface area contributed by atoms with E-state index in [9.17, 15) is 4.79 Å². The molecule has 2 aromatic rings. The number of ether oxygens (including phenoxy) is 2. The van der Waals surface area contributed by atoms with Gasteiger partial charge in [-0.25, -0.2) is 0 Å².